The number of rotatable bonds is 5. The molecule has 6 heteroatoms. The predicted octanol–water partition coefficient (Wildman–Crippen LogP) is 3.95. The standard InChI is InChI=1S/C22H34N4O.HI/c1-4-23-21(24-14-16-11-12-26(15-16)17-9-10-17)25-19-13-22(2,3)27-20-8-6-5-7-18(19)20;/h5-8,16-17,19H,4,9-15H2,1-3H3,(H2,23,24,25);1H. The summed E-state index contributed by atoms with van der Waals surface area (Å²) in [6.45, 7) is 10.7. The minimum Gasteiger partial charge on any atom is -0.487 e. The normalized spacial score (nSPS) is 26.8. The SMILES string of the molecule is CCNC(=NCC1CCN(C2CC2)C1)NC1CC(C)(C)Oc2ccccc21.I. The van der Waals surface area contributed by atoms with E-state index in [9.17, 15) is 0 Å². The van der Waals surface area contributed by atoms with Gasteiger partial charge in [0.25, 0.3) is 0 Å². The highest BCUT2D eigenvalue weighted by Gasteiger charge is 2.35. The van der Waals surface area contributed by atoms with Crippen LogP contribution in [0, 0.1) is 5.92 Å². The van der Waals surface area contributed by atoms with E-state index >= 15 is 0 Å². The molecular weight excluding hydrogens is 463 g/mol. The van der Waals surface area contributed by atoms with Gasteiger partial charge in [0.2, 0.25) is 0 Å². The van der Waals surface area contributed by atoms with E-state index in [-0.39, 0.29) is 35.6 Å². The van der Waals surface area contributed by atoms with E-state index < -0.39 is 0 Å². The average Bonchev–Trinajstić information content (AvgIpc) is 3.37. The van der Waals surface area contributed by atoms with Gasteiger partial charge in [-0.25, -0.2) is 0 Å². The van der Waals surface area contributed by atoms with Crippen LogP contribution in [-0.2, 0) is 0 Å². The lowest BCUT2D eigenvalue weighted by atomic mass is 9.90. The van der Waals surface area contributed by atoms with Gasteiger partial charge in [-0.05, 0) is 58.6 Å². The minimum absolute atomic E-state index is 0. The van der Waals surface area contributed by atoms with Gasteiger partial charge >= 0.3 is 0 Å². The van der Waals surface area contributed by atoms with Gasteiger partial charge < -0.3 is 20.3 Å². The Morgan fingerprint density at radius 2 is 2.04 bits per heavy atom. The predicted molar refractivity (Wildman–Crippen MR) is 126 cm³/mol. The van der Waals surface area contributed by atoms with Crippen LogP contribution in [0.25, 0.3) is 0 Å². The van der Waals surface area contributed by atoms with Crippen molar-refractivity contribution in [1.29, 1.82) is 0 Å². The number of halogens is 1. The summed E-state index contributed by atoms with van der Waals surface area (Å²) >= 11 is 0. The smallest absolute Gasteiger partial charge is 0.191 e. The highest BCUT2D eigenvalue weighted by atomic mass is 127. The van der Waals surface area contributed by atoms with Crippen molar-refractivity contribution in [1.82, 2.24) is 15.5 Å². The first-order valence-corrected chi connectivity index (χ1v) is 10.6. The fourth-order valence-corrected chi connectivity index (χ4v) is 4.42. The van der Waals surface area contributed by atoms with Crippen molar-refractivity contribution in [2.24, 2.45) is 10.9 Å². The zero-order chi connectivity index (χ0) is 18.9. The number of nitrogens with one attached hydrogen (secondary N) is 2. The Bertz CT molecular complexity index is 689. The Hall–Kier alpha value is -1.02. The van der Waals surface area contributed by atoms with Crippen LogP contribution >= 0.6 is 24.0 Å². The number of fused-ring (bicyclic) bond motifs is 1. The van der Waals surface area contributed by atoms with Gasteiger partial charge in [0, 0.05) is 37.7 Å². The number of likely N-dealkylation sites (tertiary alicyclic amines) is 1. The van der Waals surface area contributed by atoms with Crippen LogP contribution < -0.4 is 15.4 Å². The molecule has 1 aromatic carbocycles. The fraction of sp³-hybridized carbons (Fsp3) is 0.682. The summed E-state index contributed by atoms with van der Waals surface area (Å²) in [6, 6.07) is 9.46. The van der Waals surface area contributed by atoms with Crippen LogP contribution in [0.2, 0.25) is 0 Å². The number of nitrogens with zero attached hydrogens (tertiary/aromatic N) is 2. The van der Waals surface area contributed by atoms with Gasteiger partial charge in [-0.3, -0.25) is 4.99 Å². The van der Waals surface area contributed by atoms with Gasteiger partial charge in [0.05, 0.1) is 6.04 Å². The topological polar surface area (TPSA) is 48.9 Å². The molecule has 1 saturated carbocycles. The van der Waals surface area contributed by atoms with E-state index in [2.05, 4.69) is 54.5 Å². The molecule has 0 spiro atoms. The number of guanidine groups is 1. The Balaban J connectivity index is 0.00000225. The lowest BCUT2D eigenvalue weighted by Gasteiger charge is -2.38. The van der Waals surface area contributed by atoms with Crippen molar-refractivity contribution in [3.05, 3.63) is 29.8 Å². The second-order valence-corrected chi connectivity index (χ2v) is 8.90. The van der Waals surface area contributed by atoms with E-state index in [1.54, 1.807) is 0 Å². The van der Waals surface area contributed by atoms with Crippen molar-refractivity contribution < 1.29 is 4.74 Å². The Morgan fingerprint density at radius 1 is 1.25 bits per heavy atom. The number of para-hydroxylation sites is 1. The maximum absolute atomic E-state index is 6.17. The summed E-state index contributed by atoms with van der Waals surface area (Å²) in [4.78, 5) is 7.62. The third kappa shape index (κ3) is 5.32. The molecule has 3 aliphatic rings. The number of ether oxygens (including phenoxy) is 1. The Morgan fingerprint density at radius 3 is 2.79 bits per heavy atom. The molecule has 0 radical (unpaired) electrons. The van der Waals surface area contributed by atoms with Crippen molar-refractivity contribution >= 4 is 29.9 Å². The van der Waals surface area contributed by atoms with Crippen LogP contribution in [0.5, 0.6) is 5.75 Å². The van der Waals surface area contributed by atoms with Gasteiger partial charge in [-0.15, -0.1) is 24.0 Å². The summed E-state index contributed by atoms with van der Waals surface area (Å²) < 4.78 is 6.17. The van der Waals surface area contributed by atoms with Gasteiger partial charge in [0.15, 0.2) is 5.96 Å². The molecule has 0 bridgehead atoms. The number of hydrogen-bond acceptors (Lipinski definition) is 3. The van der Waals surface area contributed by atoms with Crippen LogP contribution in [-0.4, -0.2) is 48.7 Å². The van der Waals surface area contributed by atoms with Crippen molar-refractivity contribution in [2.75, 3.05) is 26.2 Å². The molecule has 5 nitrogen and oxygen atoms in total. The number of benzene rings is 1. The van der Waals surface area contributed by atoms with Crippen molar-refractivity contribution in [3.8, 4) is 5.75 Å². The second kappa shape index (κ2) is 9.20. The van der Waals surface area contributed by atoms with Crippen LogP contribution in [0.15, 0.2) is 29.3 Å². The molecule has 28 heavy (non-hydrogen) atoms. The zero-order valence-electron chi connectivity index (χ0n) is 17.4. The molecule has 2 aliphatic heterocycles. The average molecular weight is 498 g/mol. The highest BCUT2D eigenvalue weighted by Crippen LogP contribution is 2.39. The quantitative estimate of drug-likeness (QED) is 0.367. The third-order valence-electron chi connectivity index (χ3n) is 5.92. The second-order valence-electron chi connectivity index (χ2n) is 8.90. The Kier molecular flexibility index (Phi) is 7.12. The monoisotopic (exact) mass is 498 g/mol. The van der Waals surface area contributed by atoms with Gasteiger partial charge in [-0.1, -0.05) is 18.2 Å². The molecule has 0 amide bonds. The number of aliphatic imine (C=N–C) groups is 1. The zero-order valence-corrected chi connectivity index (χ0v) is 19.7. The van der Waals surface area contributed by atoms with Crippen LogP contribution in [0.4, 0.5) is 0 Å². The molecule has 2 heterocycles. The molecule has 2 fully saturated rings. The van der Waals surface area contributed by atoms with Crippen molar-refractivity contribution in [3.63, 3.8) is 0 Å². The summed E-state index contributed by atoms with van der Waals surface area (Å²) in [5, 5.41) is 7.13. The van der Waals surface area contributed by atoms with E-state index in [0.717, 1.165) is 37.3 Å². The molecule has 156 valence electrons. The van der Waals surface area contributed by atoms with E-state index in [4.69, 9.17) is 9.73 Å². The van der Waals surface area contributed by atoms with Crippen LogP contribution in [0.1, 0.15) is 58.1 Å². The molecule has 0 aromatic heterocycles. The molecule has 2 atom stereocenters. The summed E-state index contributed by atoms with van der Waals surface area (Å²) in [7, 11) is 0. The first-order chi connectivity index (χ1) is 13.0. The fourth-order valence-electron chi connectivity index (χ4n) is 4.42. The van der Waals surface area contributed by atoms with E-state index in [0.29, 0.717) is 5.92 Å². The first-order valence-electron chi connectivity index (χ1n) is 10.6. The third-order valence-corrected chi connectivity index (χ3v) is 5.92. The molecule has 1 saturated heterocycles. The highest BCUT2D eigenvalue weighted by molar-refractivity contribution is 14.0. The lowest BCUT2D eigenvalue weighted by Crippen LogP contribution is -2.45. The maximum Gasteiger partial charge on any atom is 0.191 e. The van der Waals surface area contributed by atoms with E-state index in [1.165, 1.54) is 37.9 Å². The molecule has 1 aliphatic carbocycles. The minimum atomic E-state index is -0.181. The van der Waals surface area contributed by atoms with Crippen LogP contribution in [0.3, 0.4) is 0 Å². The molecular formula is C22H35IN4O. The van der Waals surface area contributed by atoms with Gasteiger partial charge in [0.1, 0.15) is 11.4 Å². The molecule has 1 aromatic rings. The summed E-state index contributed by atoms with van der Waals surface area (Å²) in [6.07, 6.45) is 5.01. The molecule has 2 N–H and O–H groups in total. The largest absolute Gasteiger partial charge is 0.487 e. The first kappa shape index (κ1) is 21.7. The lowest BCUT2D eigenvalue weighted by molar-refractivity contribution is 0.0694. The molecule has 4 rings (SSSR count). The molecule has 2 unspecified atom stereocenters. The van der Waals surface area contributed by atoms with Gasteiger partial charge in [-0.2, -0.15) is 0 Å². The summed E-state index contributed by atoms with van der Waals surface area (Å²) in [5.41, 5.74) is 1.04. The Labute approximate surface area is 186 Å². The number of hydrogen-bond donors (Lipinski definition) is 2. The van der Waals surface area contributed by atoms with Crippen molar-refractivity contribution in [2.45, 2.75) is 64.1 Å². The summed E-state index contributed by atoms with van der Waals surface area (Å²) in [5.74, 6) is 2.61. The maximum atomic E-state index is 6.17. The van der Waals surface area contributed by atoms with E-state index in [1.807, 2.05) is 6.07 Å².